The summed E-state index contributed by atoms with van der Waals surface area (Å²) in [6.07, 6.45) is 0. The molecule has 0 aliphatic carbocycles. The number of aromatic hydroxyl groups is 2. The fraction of sp³-hybridized carbons (Fsp3) is 0.222. The number of rotatable bonds is 4. The summed E-state index contributed by atoms with van der Waals surface area (Å²) in [7, 11) is 0. The fourth-order valence-electron chi connectivity index (χ4n) is 3.41. The number of phenolic OH excluding ortho intramolecular Hbond substituents is 2. The number of nitrogens with zero attached hydrogens (tertiary/aromatic N) is 1. The molecule has 1 amide bonds. The van der Waals surface area contributed by atoms with Crippen LogP contribution in [0.15, 0.2) is 48.5 Å². The van der Waals surface area contributed by atoms with Gasteiger partial charge >= 0.3 is 11.9 Å². The monoisotopic (exact) mass is 343 g/mol. The van der Waals surface area contributed by atoms with Crippen LogP contribution < -0.4 is 9.80 Å². The molecule has 1 heterocycles. The number of aliphatic carboxylic acids is 1. The zero-order valence-corrected chi connectivity index (χ0v) is 13.4. The lowest BCUT2D eigenvalue weighted by atomic mass is 9.98. The molecule has 0 saturated carbocycles. The molecule has 1 aliphatic heterocycles. The van der Waals surface area contributed by atoms with Crippen LogP contribution in [0.1, 0.15) is 11.6 Å². The highest BCUT2D eigenvalue weighted by Crippen LogP contribution is 2.40. The van der Waals surface area contributed by atoms with Gasteiger partial charge in [-0.1, -0.05) is 12.1 Å². The topological polar surface area (TPSA) is 107 Å². The SMILES string of the molecule is O=C(O)C(c1ccccc1O)[N+]1(c2ccc(O)cc2)CCNCC1=O. The third-order valence-corrected chi connectivity index (χ3v) is 4.58. The molecule has 2 atom stereocenters. The second kappa shape index (κ2) is 6.54. The lowest BCUT2D eigenvalue weighted by molar-refractivity contribution is -0.150. The number of quaternary nitrogens is 1. The highest BCUT2D eigenvalue weighted by molar-refractivity contribution is 5.97. The number of hydrogen-bond donors (Lipinski definition) is 4. The van der Waals surface area contributed by atoms with Gasteiger partial charge in [-0.05, 0) is 24.3 Å². The lowest BCUT2D eigenvalue weighted by Gasteiger charge is -2.42. The first kappa shape index (κ1) is 16.9. The van der Waals surface area contributed by atoms with Gasteiger partial charge in [0.15, 0.2) is 0 Å². The summed E-state index contributed by atoms with van der Waals surface area (Å²) in [5, 5.41) is 32.7. The highest BCUT2D eigenvalue weighted by atomic mass is 16.4. The molecule has 25 heavy (non-hydrogen) atoms. The Bertz CT molecular complexity index is 805. The van der Waals surface area contributed by atoms with Gasteiger partial charge in [0.1, 0.15) is 30.3 Å². The molecule has 2 aromatic carbocycles. The molecule has 7 nitrogen and oxygen atoms in total. The predicted molar refractivity (Wildman–Crippen MR) is 91.1 cm³/mol. The number of phenols is 2. The van der Waals surface area contributed by atoms with Crippen molar-refractivity contribution in [2.45, 2.75) is 6.04 Å². The Hall–Kier alpha value is -2.90. The van der Waals surface area contributed by atoms with Crippen molar-refractivity contribution in [3.05, 3.63) is 54.1 Å². The molecule has 0 bridgehead atoms. The van der Waals surface area contributed by atoms with E-state index in [9.17, 15) is 24.9 Å². The maximum absolute atomic E-state index is 12.9. The quantitative estimate of drug-likeness (QED) is 0.625. The van der Waals surface area contributed by atoms with E-state index in [4.69, 9.17) is 0 Å². The average molecular weight is 343 g/mol. The Kier molecular flexibility index (Phi) is 4.43. The molecular formula is C18H19N2O5+. The molecule has 7 heteroatoms. The summed E-state index contributed by atoms with van der Waals surface area (Å²) in [6.45, 7) is 0.692. The van der Waals surface area contributed by atoms with Crippen molar-refractivity contribution < 1.29 is 24.9 Å². The Morgan fingerprint density at radius 1 is 1.08 bits per heavy atom. The number of para-hydroxylation sites is 1. The maximum Gasteiger partial charge on any atom is 0.368 e. The van der Waals surface area contributed by atoms with E-state index in [1.165, 1.54) is 24.3 Å². The Labute approximate surface area is 144 Å². The number of carbonyl (C=O) groups is 2. The van der Waals surface area contributed by atoms with Crippen molar-refractivity contribution in [1.82, 2.24) is 9.80 Å². The maximum atomic E-state index is 12.9. The van der Waals surface area contributed by atoms with Crippen LogP contribution in [0.3, 0.4) is 0 Å². The Morgan fingerprint density at radius 2 is 1.76 bits per heavy atom. The molecule has 2 unspecified atom stereocenters. The minimum atomic E-state index is -1.29. The third-order valence-electron chi connectivity index (χ3n) is 4.58. The number of carboxylic acid groups (broad SMARTS) is 1. The van der Waals surface area contributed by atoms with Gasteiger partial charge in [0, 0.05) is 18.7 Å². The van der Waals surface area contributed by atoms with Crippen LogP contribution in [0.4, 0.5) is 5.69 Å². The van der Waals surface area contributed by atoms with Crippen molar-refractivity contribution in [1.29, 1.82) is 0 Å². The van der Waals surface area contributed by atoms with Gasteiger partial charge in [-0.25, -0.2) is 14.1 Å². The van der Waals surface area contributed by atoms with Crippen LogP contribution in [-0.4, -0.2) is 46.8 Å². The van der Waals surface area contributed by atoms with E-state index in [1.807, 2.05) is 0 Å². The summed E-state index contributed by atoms with van der Waals surface area (Å²) in [5.41, 5.74) is 0.637. The summed E-state index contributed by atoms with van der Waals surface area (Å²) < 4.78 is -0.458. The standard InChI is InChI=1S/C18H18N2O5/c21-13-7-5-12(6-8-13)20(10-9-19-11-16(20)23)17(18(24)25)14-3-1-2-4-15(14)22/h1-8,17,19H,9-11H2,(H2-,21,22,24,25)/p+1. The van der Waals surface area contributed by atoms with E-state index in [2.05, 4.69) is 5.32 Å². The first-order valence-electron chi connectivity index (χ1n) is 7.89. The van der Waals surface area contributed by atoms with E-state index < -0.39 is 16.5 Å². The number of hydrogen-bond acceptors (Lipinski definition) is 5. The van der Waals surface area contributed by atoms with Crippen LogP contribution in [0, 0.1) is 0 Å². The normalized spacial score (nSPS) is 21.7. The molecule has 3 rings (SSSR count). The van der Waals surface area contributed by atoms with E-state index in [1.54, 1.807) is 24.3 Å². The van der Waals surface area contributed by atoms with Crippen LogP contribution >= 0.6 is 0 Å². The van der Waals surface area contributed by atoms with Gasteiger partial charge in [0.2, 0.25) is 6.04 Å². The number of benzene rings is 2. The Balaban J connectivity index is 2.25. The minimum absolute atomic E-state index is 0.0260. The molecule has 2 aromatic rings. The fourth-order valence-corrected chi connectivity index (χ4v) is 3.41. The van der Waals surface area contributed by atoms with Gasteiger partial charge in [-0.15, -0.1) is 0 Å². The Morgan fingerprint density at radius 3 is 2.36 bits per heavy atom. The number of piperazine rings is 1. The molecule has 4 N–H and O–H groups in total. The molecule has 130 valence electrons. The number of amides is 1. The molecule has 1 saturated heterocycles. The largest absolute Gasteiger partial charge is 0.508 e. The van der Waals surface area contributed by atoms with Crippen LogP contribution in [0.2, 0.25) is 0 Å². The van der Waals surface area contributed by atoms with E-state index >= 15 is 0 Å². The summed E-state index contributed by atoms with van der Waals surface area (Å²) in [5.74, 6) is -1.66. The molecule has 0 spiro atoms. The second-order valence-corrected chi connectivity index (χ2v) is 5.98. The first-order chi connectivity index (χ1) is 12.0. The average Bonchev–Trinajstić information content (AvgIpc) is 2.59. The molecule has 1 fully saturated rings. The van der Waals surface area contributed by atoms with Crippen molar-refractivity contribution in [3.8, 4) is 11.5 Å². The van der Waals surface area contributed by atoms with Crippen LogP contribution in [0.5, 0.6) is 11.5 Å². The van der Waals surface area contributed by atoms with Crippen LogP contribution in [-0.2, 0) is 9.59 Å². The minimum Gasteiger partial charge on any atom is -0.508 e. The zero-order chi connectivity index (χ0) is 18.0. The highest BCUT2D eigenvalue weighted by Gasteiger charge is 2.53. The molecule has 0 aromatic heterocycles. The van der Waals surface area contributed by atoms with Gasteiger partial charge in [-0.3, -0.25) is 5.32 Å². The van der Waals surface area contributed by atoms with E-state index in [0.29, 0.717) is 12.2 Å². The van der Waals surface area contributed by atoms with Crippen molar-refractivity contribution in [3.63, 3.8) is 0 Å². The summed E-state index contributed by atoms with van der Waals surface area (Å²) in [4.78, 5) is 25.1. The van der Waals surface area contributed by atoms with Gasteiger partial charge < -0.3 is 15.3 Å². The first-order valence-corrected chi connectivity index (χ1v) is 7.89. The van der Waals surface area contributed by atoms with Gasteiger partial charge in [0.05, 0.1) is 5.56 Å². The zero-order valence-electron chi connectivity index (χ0n) is 13.4. The lowest BCUT2D eigenvalue weighted by Crippen LogP contribution is -2.66. The summed E-state index contributed by atoms with van der Waals surface area (Å²) in [6, 6.07) is 10.8. The van der Waals surface area contributed by atoms with Gasteiger partial charge in [0.25, 0.3) is 0 Å². The number of carbonyl (C=O) groups excluding carboxylic acids is 1. The number of carboxylic acids is 1. The smallest absolute Gasteiger partial charge is 0.368 e. The molecule has 0 radical (unpaired) electrons. The van der Waals surface area contributed by atoms with Gasteiger partial charge in [-0.2, -0.15) is 0 Å². The molecular weight excluding hydrogens is 324 g/mol. The van der Waals surface area contributed by atoms with Crippen molar-refractivity contribution in [2.75, 3.05) is 19.6 Å². The van der Waals surface area contributed by atoms with Crippen molar-refractivity contribution in [2.24, 2.45) is 0 Å². The second-order valence-electron chi connectivity index (χ2n) is 5.98. The summed E-state index contributed by atoms with van der Waals surface area (Å²) >= 11 is 0. The number of nitrogens with one attached hydrogen (secondary N) is 1. The van der Waals surface area contributed by atoms with Crippen molar-refractivity contribution >= 4 is 17.6 Å². The predicted octanol–water partition coefficient (Wildman–Crippen LogP) is 1.36. The van der Waals surface area contributed by atoms with E-state index in [0.717, 1.165) is 0 Å². The van der Waals surface area contributed by atoms with E-state index in [-0.39, 0.29) is 36.1 Å². The molecule has 1 aliphatic rings. The van der Waals surface area contributed by atoms with Crippen LogP contribution in [0.25, 0.3) is 0 Å². The third kappa shape index (κ3) is 2.84.